The average Bonchev–Trinajstić information content (AvgIpc) is 2.33. The fourth-order valence-corrected chi connectivity index (χ4v) is 3.09. The predicted molar refractivity (Wildman–Crippen MR) is 86.6 cm³/mol. The number of hydrogen-bond donors (Lipinski definition) is 1. The molecule has 2 rings (SSSR count). The van der Waals surface area contributed by atoms with Crippen LogP contribution in [0.3, 0.4) is 0 Å². The van der Waals surface area contributed by atoms with Crippen LogP contribution in [0.2, 0.25) is 0 Å². The van der Waals surface area contributed by atoms with Gasteiger partial charge in [-0.15, -0.1) is 0 Å². The molecule has 0 heterocycles. The van der Waals surface area contributed by atoms with Crippen LogP contribution in [0.15, 0.2) is 22.7 Å². The molecule has 0 aliphatic heterocycles. The topological polar surface area (TPSA) is 35.2 Å². The van der Waals surface area contributed by atoms with E-state index < -0.39 is 0 Å². The highest BCUT2D eigenvalue weighted by molar-refractivity contribution is 9.10. The third kappa shape index (κ3) is 3.69. The summed E-state index contributed by atoms with van der Waals surface area (Å²) in [6.07, 6.45) is 3.70. The van der Waals surface area contributed by atoms with Crippen molar-refractivity contribution in [2.75, 3.05) is 0 Å². The molecule has 1 aromatic rings. The van der Waals surface area contributed by atoms with Crippen molar-refractivity contribution in [2.45, 2.75) is 39.2 Å². The molecule has 3 unspecified atom stereocenters. The molecule has 2 nitrogen and oxygen atoms in total. The van der Waals surface area contributed by atoms with E-state index in [9.17, 15) is 0 Å². The van der Waals surface area contributed by atoms with Gasteiger partial charge in [0, 0.05) is 4.47 Å². The van der Waals surface area contributed by atoms with E-state index >= 15 is 0 Å². The Hall–Kier alpha value is -0.610. The minimum absolute atomic E-state index is 0.272. The Morgan fingerprint density at radius 2 is 2.05 bits per heavy atom. The number of ether oxygens (including phenoxy) is 1. The van der Waals surface area contributed by atoms with Crippen LogP contribution in [0.1, 0.15) is 38.7 Å². The third-order valence-electron chi connectivity index (χ3n) is 4.05. The van der Waals surface area contributed by atoms with E-state index in [4.69, 9.17) is 22.7 Å². The van der Waals surface area contributed by atoms with Gasteiger partial charge in [0.15, 0.2) is 0 Å². The first-order valence-electron chi connectivity index (χ1n) is 6.73. The van der Waals surface area contributed by atoms with Crippen LogP contribution in [0.5, 0.6) is 5.75 Å². The van der Waals surface area contributed by atoms with Crippen molar-refractivity contribution in [3.8, 4) is 5.75 Å². The molecule has 4 heteroatoms. The Kier molecular flexibility index (Phi) is 4.85. The SMILES string of the molecule is CC1CCC(Oc2cc(Br)ccc2C(N)=S)CC1C. The molecule has 1 aromatic carbocycles. The molecule has 3 atom stereocenters. The monoisotopic (exact) mass is 341 g/mol. The Morgan fingerprint density at radius 3 is 2.68 bits per heavy atom. The van der Waals surface area contributed by atoms with Gasteiger partial charge in [0.05, 0.1) is 11.7 Å². The van der Waals surface area contributed by atoms with Gasteiger partial charge in [-0.2, -0.15) is 0 Å². The first kappa shape index (κ1) is 14.8. The van der Waals surface area contributed by atoms with E-state index in [1.54, 1.807) is 0 Å². The fraction of sp³-hybridized carbons (Fsp3) is 0.533. The lowest BCUT2D eigenvalue weighted by molar-refractivity contribution is 0.100. The predicted octanol–water partition coefficient (Wildman–Crippen LogP) is 4.29. The van der Waals surface area contributed by atoms with E-state index in [1.807, 2.05) is 18.2 Å². The van der Waals surface area contributed by atoms with Crippen LogP contribution in [0.25, 0.3) is 0 Å². The summed E-state index contributed by atoms with van der Waals surface area (Å²) in [5, 5.41) is 0. The maximum absolute atomic E-state index is 6.15. The molecule has 2 N–H and O–H groups in total. The van der Waals surface area contributed by atoms with Crippen molar-refractivity contribution in [3.05, 3.63) is 28.2 Å². The highest BCUT2D eigenvalue weighted by atomic mass is 79.9. The molecule has 1 fully saturated rings. The zero-order valence-corrected chi connectivity index (χ0v) is 13.8. The number of rotatable bonds is 3. The summed E-state index contributed by atoms with van der Waals surface area (Å²) in [6.45, 7) is 4.62. The van der Waals surface area contributed by atoms with Crippen LogP contribution in [-0.2, 0) is 0 Å². The second-order valence-corrected chi connectivity index (χ2v) is 6.87. The number of hydrogen-bond acceptors (Lipinski definition) is 2. The lowest BCUT2D eigenvalue weighted by atomic mass is 9.80. The van der Waals surface area contributed by atoms with Crippen molar-refractivity contribution in [1.29, 1.82) is 0 Å². The van der Waals surface area contributed by atoms with Gasteiger partial charge in [-0.3, -0.25) is 0 Å². The number of halogens is 1. The minimum Gasteiger partial charge on any atom is -0.490 e. The van der Waals surface area contributed by atoms with Gasteiger partial charge in [0.25, 0.3) is 0 Å². The molecule has 0 radical (unpaired) electrons. The van der Waals surface area contributed by atoms with Crippen LogP contribution >= 0.6 is 28.1 Å². The second kappa shape index (κ2) is 6.23. The largest absolute Gasteiger partial charge is 0.490 e. The number of benzene rings is 1. The molecule has 0 spiro atoms. The maximum Gasteiger partial charge on any atom is 0.131 e. The fourth-order valence-electron chi connectivity index (χ4n) is 2.58. The summed E-state index contributed by atoms with van der Waals surface area (Å²) in [5.74, 6) is 2.30. The van der Waals surface area contributed by atoms with E-state index in [2.05, 4.69) is 29.8 Å². The molecule has 1 aliphatic carbocycles. The lowest BCUT2D eigenvalue weighted by Gasteiger charge is -2.32. The normalized spacial score (nSPS) is 27.0. The molecular formula is C15H20BrNOS. The third-order valence-corrected chi connectivity index (χ3v) is 4.77. The van der Waals surface area contributed by atoms with Gasteiger partial charge < -0.3 is 10.5 Å². The summed E-state index contributed by atoms with van der Waals surface area (Å²) < 4.78 is 7.14. The molecule has 1 saturated carbocycles. The van der Waals surface area contributed by atoms with Crippen molar-refractivity contribution in [3.63, 3.8) is 0 Å². The molecule has 0 saturated heterocycles. The summed E-state index contributed by atoms with van der Waals surface area (Å²) in [6, 6.07) is 5.81. The quantitative estimate of drug-likeness (QED) is 0.833. The lowest BCUT2D eigenvalue weighted by Crippen LogP contribution is -2.29. The molecular weight excluding hydrogens is 322 g/mol. The average molecular weight is 342 g/mol. The summed E-state index contributed by atoms with van der Waals surface area (Å²) >= 11 is 8.55. The van der Waals surface area contributed by atoms with Gasteiger partial charge in [0.1, 0.15) is 10.7 Å². The van der Waals surface area contributed by atoms with Crippen LogP contribution < -0.4 is 10.5 Å². The first-order valence-corrected chi connectivity index (χ1v) is 7.93. The highest BCUT2D eigenvalue weighted by Crippen LogP contribution is 2.33. The van der Waals surface area contributed by atoms with Gasteiger partial charge in [-0.25, -0.2) is 0 Å². The van der Waals surface area contributed by atoms with Gasteiger partial charge in [-0.1, -0.05) is 42.0 Å². The molecule has 104 valence electrons. The molecule has 0 amide bonds. The Balaban J connectivity index is 2.14. The maximum atomic E-state index is 6.15. The molecule has 19 heavy (non-hydrogen) atoms. The Morgan fingerprint density at radius 1 is 1.32 bits per heavy atom. The standard InChI is InChI=1S/C15H20BrNOS/c1-9-3-5-12(7-10(9)2)18-14-8-11(16)4-6-13(14)15(17)19/h4,6,8-10,12H,3,5,7H2,1-2H3,(H2,17,19). The second-order valence-electron chi connectivity index (χ2n) is 5.51. The zero-order chi connectivity index (χ0) is 14.0. The Bertz CT molecular complexity index is 477. The van der Waals surface area contributed by atoms with Gasteiger partial charge in [0.2, 0.25) is 0 Å². The first-order chi connectivity index (χ1) is 8.97. The Labute approximate surface area is 128 Å². The minimum atomic E-state index is 0.272. The van der Waals surface area contributed by atoms with Crippen LogP contribution in [0.4, 0.5) is 0 Å². The van der Waals surface area contributed by atoms with E-state index in [0.717, 1.165) is 34.5 Å². The summed E-state index contributed by atoms with van der Waals surface area (Å²) in [5.41, 5.74) is 6.58. The molecule has 1 aliphatic rings. The molecule has 0 aromatic heterocycles. The summed E-state index contributed by atoms with van der Waals surface area (Å²) in [4.78, 5) is 0.389. The van der Waals surface area contributed by atoms with Crippen LogP contribution in [-0.4, -0.2) is 11.1 Å². The summed E-state index contributed by atoms with van der Waals surface area (Å²) in [7, 11) is 0. The van der Waals surface area contributed by atoms with E-state index in [0.29, 0.717) is 10.9 Å². The van der Waals surface area contributed by atoms with Gasteiger partial charge in [-0.05, 0) is 49.3 Å². The number of nitrogens with two attached hydrogens (primary N) is 1. The van der Waals surface area contributed by atoms with Crippen molar-refractivity contribution in [2.24, 2.45) is 17.6 Å². The smallest absolute Gasteiger partial charge is 0.131 e. The van der Waals surface area contributed by atoms with Crippen LogP contribution in [0, 0.1) is 11.8 Å². The van der Waals surface area contributed by atoms with E-state index in [-0.39, 0.29) is 6.10 Å². The zero-order valence-electron chi connectivity index (χ0n) is 11.4. The number of thiocarbonyl (C=S) groups is 1. The van der Waals surface area contributed by atoms with Crippen molar-refractivity contribution in [1.82, 2.24) is 0 Å². The highest BCUT2D eigenvalue weighted by Gasteiger charge is 2.26. The van der Waals surface area contributed by atoms with Crippen molar-refractivity contribution < 1.29 is 4.74 Å². The molecule has 0 bridgehead atoms. The van der Waals surface area contributed by atoms with E-state index in [1.165, 1.54) is 6.42 Å². The van der Waals surface area contributed by atoms with Crippen molar-refractivity contribution >= 4 is 33.1 Å². The van der Waals surface area contributed by atoms with Gasteiger partial charge >= 0.3 is 0 Å².